The molecule has 0 fully saturated rings. The van der Waals surface area contributed by atoms with Gasteiger partial charge in [-0.05, 0) is 133 Å². The first-order valence-electron chi connectivity index (χ1n) is 20.0. The van der Waals surface area contributed by atoms with Crippen LogP contribution in [0.4, 0.5) is 17.1 Å². The first-order valence-corrected chi connectivity index (χ1v) is 20.0. The second-order valence-corrected chi connectivity index (χ2v) is 15.5. The summed E-state index contributed by atoms with van der Waals surface area (Å²) in [5, 5.41) is 0. The van der Waals surface area contributed by atoms with Crippen molar-refractivity contribution in [3.63, 3.8) is 0 Å². The molecule has 0 atom stereocenters. The Bertz CT molecular complexity index is 2920. The van der Waals surface area contributed by atoms with Crippen LogP contribution in [-0.2, 0) is 5.41 Å². The fourth-order valence-corrected chi connectivity index (χ4v) is 9.98. The number of nitrogens with zero attached hydrogens (tertiary/aromatic N) is 1. The maximum atomic E-state index is 6.95. The van der Waals surface area contributed by atoms with Crippen LogP contribution >= 0.6 is 0 Å². The number of hydrogen-bond donors (Lipinski definition) is 0. The first kappa shape index (κ1) is 32.1. The number of benzene rings is 8. The molecule has 0 unspecified atom stereocenters. The highest BCUT2D eigenvalue weighted by Gasteiger charge is 2.51. The Hall–Kier alpha value is -7.16. The number of ether oxygens (including phenoxy) is 1. The Balaban J connectivity index is 1.01. The highest BCUT2D eigenvalue weighted by Crippen LogP contribution is 2.63. The molecule has 0 amide bonds. The van der Waals surface area contributed by atoms with E-state index in [2.05, 4.69) is 205 Å². The molecule has 2 heteroatoms. The number of fused-ring (bicyclic) bond motifs is 12. The molecule has 4 aliphatic rings. The van der Waals surface area contributed by atoms with Crippen molar-refractivity contribution in [1.82, 2.24) is 0 Å². The monoisotopic (exact) mass is 727 g/mol. The summed E-state index contributed by atoms with van der Waals surface area (Å²) in [7, 11) is 0. The summed E-state index contributed by atoms with van der Waals surface area (Å²) in [6.45, 7) is 0. The zero-order valence-corrected chi connectivity index (χ0v) is 31.3. The van der Waals surface area contributed by atoms with E-state index in [4.69, 9.17) is 4.74 Å². The lowest BCUT2D eigenvalue weighted by Crippen LogP contribution is -2.25. The van der Waals surface area contributed by atoms with Crippen molar-refractivity contribution in [2.24, 2.45) is 0 Å². The van der Waals surface area contributed by atoms with Gasteiger partial charge >= 0.3 is 0 Å². The van der Waals surface area contributed by atoms with E-state index in [0.717, 1.165) is 47.0 Å². The normalized spacial score (nSPS) is 14.8. The summed E-state index contributed by atoms with van der Waals surface area (Å²) in [6.07, 6.45) is 8.97. The van der Waals surface area contributed by atoms with Gasteiger partial charge in [0.2, 0.25) is 0 Å². The summed E-state index contributed by atoms with van der Waals surface area (Å²) in [5.41, 5.74) is 20.5. The minimum absolute atomic E-state index is 0.389. The Morgan fingerprint density at radius 2 is 0.912 bits per heavy atom. The van der Waals surface area contributed by atoms with Crippen molar-refractivity contribution >= 4 is 22.6 Å². The molecule has 0 N–H and O–H groups in total. The molecule has 8 aromatic rings. The number of anilines is 3. The van der Waals surface area contributed by atoms with Gasteiger partial charge in [0.1, 0.15) is 0 Å². The van der Waals surface area contributed by atoms with E-state index in [1.165, 1.54) is 72.3 Å². The van der Waals surface area contributed by atoms with Crippen LogP contribution in [0.1, 0.15) is 40.7 Å². The van der Waals surface area contributed by atoms with Crippen molar-refractivity contribution in [2.75, 3.05) is 4.90 Å². The predicted molar refractivity (Wildman–Crippen MR) is 235 cm³/mol. The molecule has 1 spiro atoms. The summed E-state index contributed by atoms with van der Waals surface area (Å²) in [5.74, 6) is 1.69. The maximum Gasteiger partial charge on any atom is 0.152 e. The number of allylic oxidation sites excluding steroid dienone is 4. The lowest BCUT2D eigenvalue weighted by molar-refractivity contribution is 0.477. The Labute approximate surface area is 333 Å². The molecular formula is C55H37NO. The first-order chi connectivity index (χ1) is 28.3. The minimum Gasteiger partial charge on any atom is -0.453 e. The van der Waals surface area contributed by atoms with E-state index in [1.807, 2.05) is 0 Å². The van der Waals surface area contributed by atoms with Crippen LogP contribution < -0.4 is 9.64 Å². The van der Waals surface area contributed by atoms with Crippen molar-refractivity contribution in [2.45, 2.75) is 18.3 Å². The molecule has 1 heterocycles. The van der Waals surface area contributed by atoms with Gasteiger partial charge in [0.15, 0.2) is 11.5 Å². The fourth-order valence-electron chi connectivity index (χ4n) is 9.98. The Morgan fingerprint density at radius 1 is 0.404 bits per heavy atom. The zero-order chi connectivity index (χ0) is 37.5. The maximum absolute atomic E-state index is 6.95. The summed E-state index contributed by atoms with van der Waals surface area (Å²) < 4.78 is 6.95. The van der Waals surface area contributed by atoms with Crippen LogP contribution in [0, 0.1) is 0 Å². The van der Waals surface area contributed by atoms with Crippen LogP contribution in [0.2, 0.25) is 0 Å². The zero-order valence-electron chi connectivity index (χ0n) is 31.3. The van der Waals surface area contributed by atoms with Crippen molar-refractivity contribution in [3.8, 4) is 56.0 Å². The van der Waals surface area contributed by atoms with Crippen LogP contribution in [-0.4, -0.2) is 0 Å². The van der Waals surface area contributed by atoms with Crippen molar-refractivity contribution in [3.05, 3.63) is 228 Å². The smallest absolute Gasteiger partial charge is 0.152 e. The van der Waals surface area contributed by atoms with Gasteiger partial charge in [0.25, 0.3) is 0 Å². The van der Waals surface area contributed by atoms with Crippen LogP contribution in [0.3, 0.4) is 0 Å². The minimum atomic E-state index is -0.389. The molecule has 268 valence electrons. The average molecular weight is 728 g/mol. The second kappa shape index (κ2) is 12.4. The van der Waals surface area contributed by atoms with E-state index in [-0.39, 0.29) is 5.41 Å². The molecule has 2 nitrogen and oxygen atoms in total. The van der Waals surface area contributed by atoms with Crippen LogP contribution in [0.15, 0.2) is 200 Å². The van der Waals surface area contributed by atoms with Gasteiger partial charge in [0, 0.05) is 5.69 Å². The van der Waals surface area contributed by atoms with Crippen molar-refractivity contribution in [1.29, 1.82) is 0 Å². The van der Waals surface area contributed by atoms with E-state index in [9.17, 15) is 0 Å². The van der Waals surface area contributed by atoms with Gasteiger partial charge in [0.05, 0.1) is 16.8 Å². The van der Waals surface area contributed by atoms with Gasteiger partial charge in [-0.25, -0.2) is 0 Å². The molecule has 12 rings (SSSR count). The van der Waals surface area contributed by atoms with Crippen molar-refractivity contribution < 1.29 is 4.74 Å². The number of hydrogen-bond acceptors (Lipinski definition) is 2. The van der Waals surface area contributed by atoms with E-state index in [0.29, 0.717) is 0 Å². The Morgan fingerprint density at radius 3 is 1.54 bits per heavy atom. The largest absolute Gasteiger partial charge is 0.453 e. The molecule has 0 aromatic heterocycles. The summed E-state index contributed by atoms with van der Waals surface area (Å²) in [4.78, 5) is 2.35. The van der Waals surface area contributed by atoms with Gasteiger partial charge in [-0.1, -0.05) is 158 Å². The topological polar surface area (TPSA) is 12.5 Å². The fraction of sp³-hybridized carbons (Fsp3) is 0.0545. The van der Waals surface area contributed by atoms with E-state index >= 15 is 0 Å². The van der Waals surface area contributed by atoms with Crippen LogP contribution in [0.25, 0.3) is 50.1 Å². The molecule has 57 heavy (non-hydrogen) atoms. The quantitative estimate of drug-likeness (QED) is 0.179. The SMILES string of the molecule is C1=CC(c2ccc3c(c2)Oc2cc(-c4ccc5c(c4)C4(c6ccccc6-c6ccccc64)c4ccccc4-5)ccc2N3c2ccc(-c3ccccc3)cc2)=CCC1. The third-order valence-corrected chi connectivity index (χ3v) is 12.5. The summed E-state index contributed by atoms with van der Waals surface area (Å²) >= 11 is 0. The van der Waals surface area contributed by atoms with E-state index in [1.54, 1.807) is 0 Å². The highest BCUT2D eigenvalue weighted by atomic mass is 16.5. The molecule has 0 radical (unpaired) electrons. The molecule has 0 saturated heterocycles. The van der Waals surface area contributed by atoms with Gasteiger partial charge in [-0.3, -0.25) is 0 Å². The van der Waals surface area contributed by atoms with Gasteiger partial charge in [-0.15, -0.1) is 0 Å². The molecule has 1 aliphatic heterocycles. The molecule has 0 saturated carbocycles. The number of rotatable bonds is 4. The lowest BCUT2D eigenvalue weighted by Gasteiger charge is -2.34. The van der Waals surface area contributed by atoms with Gasteiger partial charge in [-0.2, -0.15) is 0 Å². The standard InChI is InChI=1S/C55H37NO/c1-3-13-36(14-4-1)38-23-28-42(29-24-38)56-51-31-26-40(37-15-5-2-6-16-37)34-53(51)57-54-35-41(27-32-52(54)56)39-25-30-46-45-19-9-12-22-49(45)55(50(46)33-39)47-20-10-7-17-43(47)44-18-8-11-21-48(44)55/h1,3-5,7-35H,2,6H2. The lowest BCUT2D eigenvalue weighted by atomic mass is 9.70. The third-order valence-electron chi connectivity index (χ3n) is 12.5. The molecular weight excluding hydrogens is 691 g/mol. The molecule has 3 aliphatic carbocycles. The summed E-state index contributed by atoms with van der Waals surface area (Å²) in [6, 6.07) is 66.9. The van der Waals surface area contributed by atoms with Gasteiger partial charge < -0.3 is 9.64 Å². The Kier molecular flexibility index (Phi) is 7.00. The van der Waals surface area contributed by atoms with E-state index < -0.39 is 0 Å². The predicted octanol–water partition coefficient (Wildman–Crippen LogP) is 14.7. The molecule has 0 bridgehead atoms. The second-order valence-electron chi connectivity index (χ2n) is 15.5. The molecule has 8 aromatic carbocycles. The highest BCUT2D eigenvalue weighted by molar-refractivity contribution is 5.96. The average Bonchev–Trinajstić information content (AvgIpc) is 3.76. The third kappa shape index (κ3) is 4.71. The van der Waals surface area contributed by atoms with Crippen LogP contribution in [0.5, 0.6) is 11.5 Å².